The zero-order chi connectivity index (χ0) is 15.7. The largest absolute Gasteiger partial charge is 0.633 e. The smallest absolute Gasteiger partial charge is 0.148 e. The number of aryl methyl sites for hydroxylation is 1. The molecule has 0 spiro atoms. The van der Waals surface area contributed by atoms with Crippen LogP contribution >= 0.6 is 0 Å². The summed E-state index contributed by atoms with van der Waals surface area (Å²) >= 11 is 0. The molecule has 7 nitrogen and oxygen atoms in total. The summed E-state index contributed by atoms with van der Waals surface area (Å²) in [4.78, 5) is 13.8. The Labute approximate surface area is 129 Å². The number of H-pyrrole nitrogens is 1. The van der Waals surface area contributed by atoms with E-state index in [0.717, 1.165) is 18.7 Å². The number of quaternary nitrogens is 1. The predicted molar refractivity (Wildman–Crippen MR) is 82.8 cm³/mol. The van der Waals surface area contributed by atoms with Gasteiger partial charge in [-0.3, -0.25) is 9.88 Å². The zero-order valence-electron chi connectivity index (χ0n) is 12.9. The average molecular weight is 303 g/mol. The summed E-state index contributed by atoms with van der Waals surface area (Å²) in [6, 6.07) is 0. The van der Waals surface area contributed by atoms with Crippen molar-refractivity contribution in [2.75, 3.05) is 33.2 Å². The minimum absolute atomic E-state index is 0.161. The lowest BCUT2D eigenvalue weighted by molar-refractivity contribution is -0.865. The normalized spacial score (nSPS) is 18.5. The van der Waals surface area contributed by atoms with Gasteiger partial charge in [0.25, 0.3) is 0 Å². The average Bonchev–Trinajstić information content (AvgIpc) is 2.99. The fourth-order valence-electron chi connectivity index (χ4n) is 2.75. The fourth-order valence-corrected chi connectivity index (χ4v) is 2.75. The Morgan fingerprint density at radius 3 is 2.73 bits per heavy atom. The van der Waals surface area contributed by atoms with E-state index in [0.29, 0.717) is 36.7 Å². The first-order valence-electron chi connectivity index (χ1n) is 7.41. The Hall–Kier alpha value is -1.96. The highest BCUT2D eigenvalue weighted by Crippen LogP contribution is 2.32. The topological polar surface area (TPSA) is 88.1 Å². The van der Waals surface area contributed by atoms with Gasteiger partial charge in [-0.15, -0.1) is 0 Å². The molecule has 0 amide bonds. The zero-order valence-corrected chi connectivity index (χ0v) is 12.9. The maximum absolute atomic E-state index is 11.9. The second-order valence-electron chi connectivity index (χ2n) is 6.05. The predicted octanol–water partition coefficient (Wildman–Crippen LogP) is 1.25. The number of rotatable bonds is 3. The summed E-state index contributed by atoms with van der Waals surface area (Å²) in [5, 5.41) is 22.3. The van der Waals surface area contributed by atoms with E-state index >= 15 is 0 Å². The van der Waals surface area contributed by atoms with Crippen molar-refractivity contribution in [2.24, 2.45) is 0 Å². The van der Waals surface area contributed by atoms with E-state index in [4.69, 9.17) is 0 Å². The van der Waals surface area contributed by atoms with Gasteiger partial charge in [0.1, 0.15) is 11.6 Å². The third-order valence-corrected chi connectivity index (χ3v) is 4.22. The number of hydrogen-bond acceptors (Lipinski definition) is 5. The molecule has 22 heavy (non-hydrogen) atoms. The number of aromatic hydroxyl groups is 1. The van der Waals surface area contributed by atoms with E-state index in [1.54, 1.807) is 32.6 Å². The highest BCUT2D eigenvalue weighted by Gasteiger charge is 2.24. The minimum Gasteiger partial charge on any atom is -0.633 e. The van der Waals surface area contributed by atoms with Gasteiger partial charge in [-0.25, -0.2) is 4.98 Å². The molecular formula is C15H21N5O2. The molecule has 2 aromatic rings. The van der Waals surface area contributed by atoms with E-state index in [9.17, 15) is 10.3 Å². The molecule has 0 saturated carbocycles. The van der Waals surface area contributed by atoms with Crippen molar-refractivity contribution in [1.82, 2.24) is 19.9 Å². The molecule has 0 radical (unpaired) electrons. The number of hydrogen-bond donors (Lipinski definition) is 2. The van der Waals surface area contributed by atoms with Gasteiger partial charge in [-0.2, -0.15) is 0 Å². The standard InChI is InChI=1S/C15H21N5O2/c1-11-14(21)13(15-16-3-4-17-15)12(9-18-11)10-19-5-7-20(2,22)8-6-19/h3-4,9,21H,5-8,10H2,1-2H3,(H,16,17). The second kappa shape index (κ2) is 5.68. The molecule has 2 aromatic heterocycles. The van der Waals surface area contributed by atoms with Gasteiger partial charge in [0.05, 0.1) is 31.4 Å². The number of piperazine rings is 1. The number of nitrogens with one attached hydrogen (secondary N) is 1. The van der Waals surface area contributed by atoms with Crippen LogP contribution in [-0.2, 0) is 6.54 Å². The van der Waals surface area contributed by atoms with Crippen molar-refractivity contribution in [1.29, 1.82) is 0 Å². The van der Waals surface area contributed by atoms with Crippen LogP contribution < -0.4 is 0 Å². The summed E-state index contributed by atoms with van der Waals surface area (Å²) in [6.45, 7) is 5.07. The highest BCUT2D eigenvalue weighted by atomic mass is 16.5. The minimum atomic E-state index is -0.182. The van der Waals surface area contributed by atoms with Crippen LogP contribution in [0.5, 0.6) is 5.75 Å². The summed E-state index contributed by atoms with van der Waals surface area (Å²) in [5.74, 6) is 0.799. The van der Waals surface area contributed by atoms with E-state index in [-0.39, 0.29) is 10.4 Å². The van der Waals surface area contributed by atoms with Crippen LogP contribution in [0.4, 0.5) is 0 Å². The van der Waals surface area contributed by atoms with E-state index in [2.05, 4.69) is 19.9 Å². The van der Waals surface area contributed by atoms with Crippen LogP contribution in [0.3, 0.4) is 0 Å². The second-order valence-corrected chi connectivity index (χ2v) is 6.05. The maximum atomic E-state index is 11.9. The Kier molecular flexibility index (Phi) is 3.86. The fraction of sp³-hybridized carbons (Fsp3) is 0.467. The Balaban J connectivity index is 1.87. The van der Waals surface area contributed by atoms with Crippen molar-refractivity contribution in [3.63, 3.8) is 0 Å². The third-order valence-electron chi connectivity index (χ3n) is 4.22. The Morgan fingerprint density at radius 2 is 2.09 bits per heavy atom. The molecule has 0 unspecified atom stereocenters. The molecular weight excluding hydrogens is 282 g/mol. The molecule has 3 heterocycles. The van der Waals surface area contributed by atoms with Crippen molar-refractivity contribution >= 4 is 0 Å². The summed E-state index contributed by atoms with van der Waals surface area (Å²) in [5.41, 5.74) is 2.19. The number of aromatic amines is 1. The van der Waals surface area contributed by atoms with Crippen LogP contribution in [0.25, 0.3) is 11.4 Å². The molecule has 2 N–H and O–H groups in total. The highest BCUT2D eigenvalue weighted by molar-refractivity contribution is 5.68. The van der Waals surface area contributed by atoms with Crippen LogP contribution in [-0.4, -0.2) is 62.8 Å². The molecule has 3 rings (SSSR count). The van der Waals surface area contributed by atoms with E-state index in [1.807, 2.05) is 0 Å². The number of hydroxylamine groups is 3. The molecule has 1 saturated heterocycles. The first kappa shape index (κ1) is 15.0. The van der Waals surface area contributed by atoms with Gasteiger partial charge in [0.15, 0.2) is 0 Å². The lowest BCUT2D eigenvalue weighted by Crippen LogP contribution is -2.53. The summed E-state index contributed by atoms with van der Waals surface area (Å²) in [6.07, 6.45) is 5.18. The van der Waals surface area contributed by atoms with Gasteiger partial charge >= 0.3 is 0 Å². The van der Waals surface area contributed by atoms with Gasteiger partial charge in [-0.05, 0) is 12.5 Å². The first-order chi connectivity index (χ1) is 10.5. The van der Waals surface area contributed by atoms with Crippen molar-refractivity contribution in [2.45, 2.75) is 13.5 Å². The quantitative estimate of drug-likeness (QED) is 0.658. The third kappa shape index (κ3) is 2.96. The van der Waals surface area contributed by atoms with Crippen molar-refractivity contribution in [3.8, 4) is 17.1 Å². The first-order valence-corrected chi connectivity index (χ1v) is 7.41. The van der Waals surface area contributed by atoms with Gasteiger partial charge in [-0.1, -0.05) is 0 Å². The molecule has 0 atom stereocenters. The number of aromatic nitrogens is 3. The SMILES string of the molecule is Cc1ncc(CN2CC[N+](C)([O-])CC2)c(-c2ncc[nH]2)c1O. The maximum Gasteiger partial charge on any atom is 0.148 e. The lowest BCUT2D eigenvalue weighted by Gasteiger charge is -2.45. The molecule has 0 aromatic carbocycles. The molecule has 118 valence electrons. The summed E-state index contributed by atoms with van der Waals surface area (Å²) in [7, 11) is 1.71. The molecule has 0 bridgehead atoms. The number of nitrogens with zero attached hydrogens (tertiary/aromatic N) is 4. The molecule has 7 heteroatoms. The van der Waals surface area contributed by atoms with Gasteiger partial charge in [0, 0.05) is 38.2 Å². The number of imidazole rings is 1. The van der Waals surface area contributed by atoms with Crippen LogP contribution in [0, 0.1) is 12.1 Å². The summed E-state index contributed by atoms with van der Waals surface area (Å²) < 4.78 is -0.182. The number of pyridine rings is 1. The molecule has 1 aliphatic heterocycles. The van der Waals surface area contributed by atoms with E-state index in [1.165, 1.54) is 0 Å². The molecule has 1 fully saturated rings. The van der Waals surface area contributed by atoms with Crippen molar-refractivity contribution < 1.29 is 9.75 Å². The van der Waals surface area contributed by atoms with E-state index < -0.39 is 0 Å². The lowest BCUT2D eigenvalue weighted by atomic mass is 10.1. The van der Waals surface area contributed by atoms with Gasteiger partial charge in [0.2, 0.25) is 0 Å². The number of likely N-dealkylation sites (N-methyl/N-ethyl adjacent to an activating group) is 1. The van der Waals surface area contributed by atoms with Crippen molar-refractivity contribution in [3.05, 3.63) is 35.1 Å². The monoisotopic (exact) mass is 303 g/mol. The van der Waals surface area contributed by atoms with Crippen LogP contribution in [0.15, 0.2) is 18.6 Å². The van der Waals surface area contributed by atoms with Crippen LogP contribution in [0.1, 0.15) is 11.3 Å². The Bertz CT molecular complexity index is 644. The molecule has 1 aliphatic rings. The van der Waals surface area contributed by atoms with Gasteiger partial charge < -0.3 is 19.9 Å². The van der Waals surface area contributed by atoms with Crippen LogP contribution in [0.2, 0.25) is 0 Å². The molecule has 0 aliphatic carbocycles. The Morgan fingerprint density at radius 1 is 1.36 bits per heavy atom.